The summed E-state index contributed by atoms with van der Waals surface area (Å²) in [5.74, 6) is -0.429. The van der Waals surface area contributed by atoms with Crippen LogP contribution >= 0.6 is 0 Å². The molecule has 0 bridgehead atoms. The number of hydrogen-bond acceptors (Lipinski definition) is 4. The van der Waals surface area contributed by atoms with Gasteiger partial charge in [0.05, 0.1) is 31.1 Å². The van der Waals surface area contributed by atoms with Crippen LogP contribution in [-0.2, 0) is 28.0 Å². The second-order valence-electron chi connectivity index (χ2n) is 7.10. The van der Waals surface area contributed by atoms with Crippen LogP contribution in [0.5, 0.6) is 11.5 Å². The van der Waals surface area contributed by atoms with E-state index in [4.69, 9.17) is 14.2 Å². The first-order valence-electron chi connectivity index (χ1n) is 9.61. The fraction of sp³-hybridized carbons (Fsp3) is 0.318. The van der Waals surface area contributed by atoms with Crippen molar-refractivity contribution in [2.45, 2.75) is 38.0 Å². The summed E-state index contributed by atoms with van der Waals surface area (Å²) >= 11 is 0. The van der Waals surface area contributed by atoms with Gasteiger partial charge in [0.15, 0.2) is 0 Å². The Bertz CT molecular complexity index is 974. The van der Waals surface area contributed by atoms with Crippen molar-refractivity contribution >= 4 is 0 Å². The van der Waals surface area contributed by atoms with Gasteiger partial charge in [-0.15, -0.1) is 0 Å². The van der Waals surface area contributed by atoms with Crippen LogP contribution in [0.4, 0.5) is 13.2 Å². The molecule has 1 aromatic heterocycles. The van der Waals surface area contributed by atoms with Crippen LogP contribution in [0, 0.1) is 0 Å². The number of nitrogens with zero attached hydrogens (tertiary/aromatic N) is 2. The predicted molar refractivity (Wildman–Crippen MR) is 103 cm³/mol. The molecule has 1 fully saturated rings. The minimum Gasteiger partial charge on any atom is -0.457 e. The number of halogens is 3. The number of benzene rings is 2. The summed E-state index contributed by atoms with van der Waals surface area (Å²) in [6.45, 7) is 2.94. The number of ether oxygens (including phenoxy) is 3. The summed E-state index contributed by atoms with van der Waals surface area (Å²) in [5, 5.41) is 0. The first kappa shape index (κ1) is 20.4. The molecule has 3 aromatic rings. The van der Waals surface area contributed by atoms with Crippen LogP contribution in [0.25, 0.3) is 0 Å². The van der Waals surface area contributed by atoms with Crippen LogP contribution in [0.1, 0.15) is 24.5 Å². The van der Waals surface area contributed by atoms with E-state index < -0.39 is 17.5 Å². The Morgan fingerprint density at radius 1 is 1.17 bits per heavy atom. The molecule has 0 radical (unpaired) electrons. The Balaban J connectivity index is 1.55. The lowest BCUT2D eigenvalue weighted by Crippen LogP contribution is -2.33. The van der Waals surface area contributed by atoms with Gasteiger partial charge in [0, 0.05) is 18.0 Å². The largest absolute Gasteiger partial charge is 0.457 e. The van der Waals surface area contributed by atoms with E-state index in [0.717, 1.165) is 24.1 Å². The summed E-state index contributed by atoms with van der Waals surface area (Å²) in [5.41, 5.74) is 0.0396. The van der Waals surface area contributed by atoms with Crippen LogP contribution in [0.15, 0.2) is 67.3 Å². The highest BCUT2D eigenvalue weighted by atomic mass is 19.4. The number of rotatable bonds is 6. The number of alkyl halides is 3. The molecule has 5 nitrogen and oxygen atoms in total. The molecule has 8 heteroatoms. The third kappa shape index (κ3) is 4.34. The number of hydrogen-bond donors (Lipinski definition) is 0. The van der Waals surface area contributed by atoms with Gasteiger partial charge in [0.1, 0.15) is 11.5 Å². The molecule has 0 aliphatic carbocycles. The first-order valence-corrected chi connectivity index (χ1v) is 9.61. The van der Waals surface area contributed by atoms with Gasteiger partial charge >= 0.3 is 6.18 Å². The van der Waals surface area contributed by atoms with Gasteiger partial charge in [-0.2, -0.15) is 13.2 Å². The molecule has 0 saturated carbocycles. The van der Waals surface area contributed by atoms with Crippen molar-refractivity contribution in [3.8, 4) is 11.5 Å². The van der Waals surface area contributed by atoms with Gasteiger partial charge in [0.25, 0.3) is 0 Å². The lowest BCUT2D eigenvalue weighted by Gasteiger charge is -2.29. The predicted octanol–water partition coefficient (Wildman–Crippen LogP) is 5.37. The van der Waals surface area contributed by atoms with Gasteiger partial charge < -0.3 is 18.8 Å². The quantitative estimate of drug-likeness (QED) is 0.540. The summed E-state index contributed by atoms with van der Waals surface area (Å²) < 4.78 is 58.5. The molecule has 2 heterocycles. The van der Waals surface area contributed by atoms with Crippen LogP contribution < -0.4 is 4.74 Å². The fourth-order valence-corrected chi connectivity index (χ4v) is 3.36. The molecule has 1 aliphatic rings. The maximum atomic E-state index is 12.9. The fourth-order valence-electron chi connectivity index (χ4n) is 3.36. The average Bonchev–Trinajstić information content (AvgIpc) is 3.39. The third-order valence-electron chi connectivity index (χ3n) is 4.96. The minimum atomic E-state index is -4.42. The van der Waals surface area contributed by atoms with E-state index in [2.05, 4.69) is 4.98 Å². The van der Waals surface area contributed by atoms with Gasteiger partial charge in [-0.05, 0) is 48.9 Å². The van der Waals surface area contributed by atoms with E-state index in [1.165, 1.54) is 12.1 Å². The molecule has 0 amide bonds. The number of aromatic nitrogens is 2. The summed E-state index contributed by atoms with van der Waals surface area (Å²) in [6.07, 6.45) is 1.59. The normalized spacial score (nSPS) is 21.7. The van der Waals surface area contributed by atoms with Crippen molar-refractivity contribution in [1.82, 2.24) is 9.55 Å². The molecule has 4 rings (SSSR count). The highest BCUT2D eigenvalue weighted by Crippen LogP contribution is 2.38. The highest BCUT2D eigenvalue weighted by Gasteiger charge is 2.43. The summed E-state index contributed by atoms with van der Waals surface area (Å²) in [6, 6.07) is 11.8. The average molecular weight is 418 g/mol. The Kier molecular flexibility index (Phi) is 5.53. The molecular formula is C22H21F3N2O3. The maximum Gasteiger partial charge on any atom is 0.416 e. The molecule has 1 saturated heterocycles. The van der Waals surface area contributed by atoms with Gasteiger partial charge in [-0.1, -0.05) is 13.0 Å². The minimum absolute atomic E-state index is 0.0189. The first-order chi connectivity index (χ1) is 14.4. The summed E-state index contributed by atoms with van der Waals surface area (Å²) in [4.78, 5) is 4.07. The molecule has 30 heavy (non-hydrogen) atoms. The van der Waals surface area contributed by atoms with E-state index >= 15 is 0 Å². The third-order valence-corrected chi connectivity index (χ3v) is 4.96. The van der Waals surface area contributed by atoms with Gasteiger partial charge in [0.2, 0.25) is 5.79 Å². The molecule has 0 spiro atoms. The molecule has 158 valence electrons. The lowest BCUT2D eigenvalue weighted by molar-refractivity contribution is -0.187. The zero-order valence-electron chi connectivity index (χ0n) is 16.3. The lowest BCUT2D eigenvalue weighted by atomic mass is 10.1. The second kappa shape index (κ2) is 8.12. The Hall–Kier alpha value is -2.84. The van der Waals surface area contributed by atoms with E-state index in [-0.39, 0.29) is 11.9 Å². The van der Waals surface area contributed by atoms with Crippen molar-refractivity contribution < 1.29 is 27.4 Å². The van der Waals surface area contributed by atoms with Gasteiger partial charge in [-0.25, -0.2) is 4.98 Å². The highest BCUT2D eigenvalue weighted by molar-refractivity contribution is 5.37. The molecule has 2 aromatic carbocycles. The molecule has 2 atom stereocenters. The van der Waals surface area contributed by atoms with Crippen molar-refractivity contribution in [1.29, 1.82) is 0 Å². The molecule has 1 aliphatic heterocycles. The topological polar surface area (TPSA) is 45.5 Å². The number of imidazole rings is 1. The zero-order chi connectivity index (χ0) is 21.2. The zero-order valence-corrected chi connectivity index (χ0v) is 16.3. The van der Waals surface area contributed by atoms with Crippen LogP contribution in [0.2, 0.25) is 0 Å². The SMILES string of the molecule is CCC1COC(Cn2ccnc2)(c2ccc(Oc3cccc(C(F)(F)F)c3)cc2)O1. The van der Waals surface area contributed by atoms with E-state index in [1.807, 2.05) is 17.7 Å². The van der Waals surface area contributed by atoms with Crippen LogP contribution in [-0.4, -0.2) is 22.3 Å². The molecule has 2 unspecified atom stereocenters. The van der Waals surface area contributed by atoms with Crippen molar-refractivity contribution in [3.05, 3.63) is 78.4 Å². The second-order valence-corrected chi connectivity index (χ2v) is 7.10. The van der Waals surface area contributed by atoms with Gasteiger partial charge in [-0.3, -0.25) is 0 Å². The van der Waals surface area contributed by atoms with E-state index in [1.54, 1.807) is 36.8 Å². The van der Waals surface area contributed by atoms with Crippen molar-refractivity contribution in [2.24, 2.45) is 0 Å². The Morgan fingerprint density at radius 3 is 2.60 bits per heavy atom. The molecular weight excluding hydrogens is 397 g/mol. The van der Waals surface area contributed by atoms with Crippen molar-refractivity contribution in [3.63, 3.8) is 0 Å². The Morgan fingerprint density at radius 2 is 1.97 bits per heavy atom. The van der Waals surface area contributed by atoms with Crippen molar-refractivity contribution in [2.75, 3.05) is 6.61 Å². The molecule has 0 N–H and O–H groups in total. The monoisotopic (exact) mass is 418 g/mol. The Labute approximate surface area is 172 Å². The standard InChI is InChI=1S/C22H21F3N2O3/c1-2-18-13-28-21(30-18,14-27-11-10-26-15-27)16-6-8-19(9-7-16)29-20-5-3-4-17(12-20)22(23,24)25/h3-12,15,18H,2,13-14H2,1H3. The van der Waals surface area contributed by atoms with E-state index in [0.29, 0.717) is 18.9 Å². The van der Waals surface area contributed by atoms with Crippen LogP contribution in [0.3, 0.4) is 0 Å². The van der Waals surface area contributed by atoms with E-state index in [9.17, 15) is 13.2 Å². The smallest absolute Gasteiger partial charge is 0.416 e. The summed E-state index contributed by atoms with van der Waals surface area (Å²) in [7, 11) is 0. The maximum absolute atomic E-state index is 12.9.